The average molecular weight is 240 g/mol. The monoisotopic (exact) mass is 240 g/mol. The summed E-state index contributed by atoms with van der Waals surface area (Å²) in [6, 6.07) is 9.92. The number of rotatable bonds is 4. The van der Waals surface area contributed by atoms with Crippen LogP contribution >= 0.6 is 0 Å². The molecule has 0 fully saturated rings. The van der Waals surface area contributed by atoms with Gasteiger partial charge in [-0.1, -0.05) is 18.2 Å². The lowest BCUT2D eigenvalue weighted by atomic mass is 10.1. The number of nitriles is 1. The molecule has 1 aromatic heterocycles. The van der Waals surface area contributed by atoms with E-state index in [-0.39, 0.29) is 6.04 Å². The molecule has 92 valence electrons. The van der Waals surface area contributed by atoms with Crippen molar-refractivity contribution in [1.29, 1.82) is 5.26 Å². The minimum Gasteiger partial charge on any atom is -0.333 e. The van der Waals surface area contributed by atoms with Crippen LogP contribution in [0.1, 0.15) is 23.7 Å². The van der Waals surface area contributed by atoms with Crippen LogP contribution in [-0.2, 0) is 13.0 Å². The van der Waals surface area contributed by atoms with Crippen molar-refractivity contribution in [3.63, 3.8) is 0 Å². The first-order valence-corrected chi connectivity index (χ1v) is 5.93. The zero-order valence-electron chi connectivity index (χ0n) is 10.4. The number of imidazole rings is 1. The third-order valence-corrected chi connectivity index (χ3v) is 2.71. The minimum absolute atomic E-state index is 0.111. The van der Waals surface area contributed by atoms with E-state index in [1.165, 1.54) is 0 Å². The second-order valence-electron chi connectivity index (χ2n) is 4.49. The van der Waals surface area contributed by atoms with Gasteiger partial charge >= 0.3 is 0 Å². The molecule has 0 amide bonds. The summed E-state index contributed by atoms with van der Waals surface area (Å²) in [7, 11) is 0. The van der Waals surface area contributed by atoms with Gasteiger partial charge in [-0.2, -0.15) is 5.26 Å². The Morgan fingerprint density at radius 3 is 2.94 bits per heavy atom. The second kappa shape index (κ2) is 5.48. The van der Waals surface area contributed by atoms with Gasteiger partial charge in [0.05, 0.1) is 23.7 Å². The van der Waals surface area contributed by atoms with Crippen LogP contribution in [0.2, 0.25) is 0 Å². The molecule has 2 aromatic rings. The second-order valence-corrected chi connectivity index (χ2v) is 4.49. The molecule has 1 aromatic carbocycles. The van der Waals surface area contributed by atoms with E-state index in [1.807, 2.05) is 42.0 Å². The van der Waals surface area contributed by atoms with Crippen molar-refractivity contribution in [3.05, 3.63) is 53.6 Å². The molecule has 2 N–H and O–H groups in total. The molecule has 0 saturated carbocycles. The van der Waals surface area contributed by atoms with Crippen LogP contribution < -0.4 is 5.73 Å². The number of benzene rings is 1. The van der Waals surface area contributed by atoms with Gasteiger partial charge in [0.15, 0.2) is 0 Å². The van der Waals surface area contributed by atoms with Crippen LogP contribution in [0.15, 0.2) is 36.8 Å². The minimum atomic E-state index is 0.111. The van der Waals surface area contributed by atoms with E-state index in [0.29, 0.717) is 12.1 Å². The first kappa shape index (κ1) is 12.3. The molecular weight excluding hydrogens is 224 g/mol. The summed E-state index contributed by atoms with van der Waals surface area (Å²) in [5.41, 5.74) is 8.44. The Balaban J connectivity index is 2.14. The van der Waals surface area contributed by atoms with Crippen LogP contribution in [0, 0.1) is 11.3 Å². The van der Waals surface area contributed by atoms with Gasteiger partial charge in [-0.25, -0.2) is 4.98 Å². The zero-order chi connectivity index (χ0) is 13.0. The topological polar surface area (TPSA) is 67.6 Å². The Labute approximate surface area is 107 Å². The lowest BCUT2D eigenvalue weighted by molar-refractivity contribution is 0.723. The average Bonchev–Trinajstić information content (AvgIpc) is 2.76. The Bertz CT molecular complexity index is 563. The largest absolute Gasteiger partial charge is 0.333 e. The molecule has 1 atom stereocenters. The van der Waals surface area contributed by atoms with E-state index < -0.39 is 0 Å². The highest BCUT2D eigenvalue weighted by Gasteiger charge is 2.05. The van der Waals surface area contributed by atoms with Gasteiger partial charge in [0.2, 0.25) is 0 Å². The van der Waals surface area contributed by atoms with Crippen LogP contribution in [0.25, 0.3) is 0 Å². The molecule has 4 nitrogen and oxygen atoms in total. The Hall–Kier alpha value is -2.12. The molecule has 1 unspecified atom stereocenters. The standard InChI is InChI=1S/C14H16N4/c1-11(16)6-14-9-18(10-17-14)8-13-5-3-2-4-12(13)7-15/h2-5,9-11H,6,8,16H2,1H3. The van der Waals surface area contributed by atoms with Gasteiger partial charge in [0.1, 0.15) is 0 Å². The summed E-state index contributed by atoms with van der Waals surface area (Å²) in [4.78, 5) is 4.31. The maximum Gasteiger partial charge on any atom is 0.0995 e. The predicted molar refractivity (Wildman–Crippen MR) is 69.8 cm³/mol. The summed E-state index contributed by atoms with van der Waals surface area (Å²) in [5, 5.41) is 9.03. The number of nitrogens with zero attached hydrogens (tertiary/aromatic N) is 3. The van der Waals surface area contributed by atoms with Crippen molar-refractivity contribution >= 4 is 0 Å². The molecule has 0 bridgehead atoms. The molecule has 4 heteroatoms. The normalized spacial score (nSPS) is 12.1. The predicted octanol–water partition coefficient (Wildman–Crippen LogP) is 1.69. The van der Waals surface area contributed by atoms with E-state index in [4.69, 9.17) is 11.0 Å². The van der Waals surface area contributed by atoms with Gasteiger partial charge in [-0.15, -0.1) is 0 Å². The highest BCUT2D eigenvalue weighted by Crippen LogP contribution is 2.10. The molecule has 2 rings (SSSR count). The smallest absolute Gasteiger partial charge is 0.0995 e. The summed E-state index contributed by atoms with van der Waals surface area (Å²) in [5.74, 6) is 0. The van der Waals surface area contributed by atoms with E-state index in [9.17, 15) is 0 Å². The van der Waals surface area contributed by atoms with Crippen molar-refractivity contribution in [3.8, 4) is 6.07 Å². The van der Waals surface area contributed by atoms with Crippen molar-refractivity contribution in [2.75, 3.05) is 0 Å². The summed E-state index contributed by atoms with van der Waals surface area (Å²) in [6.45, 7) is 2.62. The molecule has 0 spiro atoms. The Kier molecular flexibility index (Phi) is 3.75. The molecular formula is C14H16N4. The maximum atomic E-state index is 9.03. The first-order chi connectivity index (χ1) is 8.69. The van der Waals surface area contributed by atoms with Gasteiger partial charge in [-0.05, 0) is 18.6 Å². The Morgan fingerprint density at radius 1 is 1.44 bits per heavy atom. The van der Waals surface area contributed by atoms with Crippen molar-refractivity contribution in [2.45, 2.75) is 25.9 Å². The van der Waals surface area contributed by atoms with E-state index in [0.717, 1.165) is 17.7 Å². The summed E-state index contributed by atoms with van der Waals surface area (Å²) in [6.07, 6.45) is 4.54. The van der Waals surface area contributed by atoms with E-state index >= 15 is 0 Å². The van der Waals surface area contributed by atoms with Crippen LogP contribution in [0.3, 0.4) is 0 Å². The first-order valence-electron chi connectivity index (χ1n) is 5.93. The lowest BCUT2D eigenvalue weighted by Gasteiger charge is -2.04. The molecule has 0 saturated heterocycles. The summed E-state index contributed by atoms with van der Waals surface area (Å²) < 4.78 is 1.98. The fourth-order valence-electron chi connectivity index (χ4n) is 1.89. The molecule has 0 aliphatic carbocycles. The van der Waals surface area contributed by atoms with Crippen molar-refractivity contribution in [1.82, 2.24) is 9.55 Å². The zero-order valence-corrected chi connectivity index (χ0v) is 10.4. The third kappa shape index (κ3) is 2.96. The molecule has 0 aliphatic heterocycles. The van der Waals surface area contributed by atoms with Gasteiger partial charge in [-0.3, -0.25) is 0 Å². The highest BCUT2D eigenvalue weighted by molar-refractivity contribution is 5.37. The van der Waals surface area contributed by atoms with Crippen LogP contribution in [-0.4, -0.2) is 15.6 Å². The van der Waals surface area contributed by atoms with Gasteiger partial charge < -0.3 is 10.3 Å². The number of hydrogen-bond acceptors (Lipinski definition) is 3. The van der Waals surface area contributed by atoms with Crippen LogP contribution in [0.5, 0.6) is 0 Å². The number of hydrogen-bond donors (Lipinski definition) is 1. The quantitative estimate of drug-likeness (QED) is 0.884. The summed E-state index contributed by atoms with van der Waals surface area (Å²) >= 11 is 0. The van der Waals surface area contributed by atoms with Crippen molar-refractivity contribution < 1.29 is 0 Å². The van der Waals surface area contributed by atoms with Gasteiger partial charge in [0.25, 0.3) is 0 Å². The van der Waals surface area contributed by atoms with Crippen molar-refractivity contribution in [2.24, 2.45) is 5.73 Å². The molecule has 18 heavy (non-hydrogen) atoms. The number of aromatic nitrogens is 2. The van der Waals surface area contributed by atoms with Gasteiger partial charge in [0, 0.05) is 25.2 Å². The third-order valence-electron chi connectivity index (χ3n) is 2.71. The maximum absolute atomic E-state index is 9.03. The lowest BCUT2D eigenvalue weighted by Crippen LogP contribution is -2.17. The Morgan fingerprint density at radius 2 is 2.22 bits per heavy atom. The molecule has 0 aliphatic rings. The number of nitrogens with two attached hydrogens (primary N) is 1. The fraction of sp³-hybridized carbons (Fsp3) is 0.286. The molecule has 0 radical (unpaired) electrons. The molecule has 1 heterocycles. The SMILES string of the molecule is CC(N)Cc1cn(Cc2ccccc2C#N)cn1. The highest BCUT2D eigenvalue weighted by atomic mass is 15.0. The van der Waals surface area contributed by atoms with E-state index in [2.05, 4.69) is 11.1 Å². The fourth-order valence-corrected chi connectivity index (χ4v) is 1.89. The van der Waals surface area contributed by atoms with Crippen LogP contribution in [0.4, 0.5) is 0 Å². The van der Waals surface area contributed by atoms with E-state index in [1.54, 1.807) is 6.33 Å².